The number of nitrogens with one attached hydrogen (secondary N) is 1. The van der Waals surface area contributed by atoms with Gasteiger partial charge in [-0.1, -0.05) is 11.6 Å². The van der Waals surface area contributed by atoms with E-state index in [4.69, 9.17) is 21.4 Å². The molecule has 1 fully saturated rings. The molecule has 0 unspecified atom stereocenters. The first-order valence-corrected chi connectivity index (χ1v) is 7.55. The number of hydrogen-bond donors (Lipinski definition) is 3. The zero-order valence-corrected chi connectivity index (χ0v) is 13.2. The standard InChI is InChI=1S/C15H17ClFNO5/c1-2-23-13-7(3-4-19)5-9(16)12(17)10(13)8-6-18-14(20)11(8)15(21)22/h5,8,11,19H,2-4,6H2,1H3,(H,18,20)(H,21,22)/t8-,11+/m0/s1. The van der Waals surface area contributed by atoms with Crippen LogP contribution in [0.15, 0.2) is 6.07 Å². The number of aliphatic carboxylic acids is 1. The summed E-state index contributed by atoms with van der Waals surface area (Å²) in [7, 11) is 0. The maximum Gasteiger partial charge on any atom is 0.316 e. The van der Waals surface area contributed by atoms with E-state index in [9.17, 15) is 19.1 Å². The minimum absolute atomic E-state index is 0.0221. The predicted molar refractivity (Wildman–Crippen MR) is 80.2 cm³/mol. The number of carbonyl (C=O) groups excluding carboxylic acids is 1. The number of rotatable bonds is 6. The molecule has 1 aliphatic rings. The van der Waals surface area contributed by atoms with Gasteiger partial charge in [0.15, 0.2) is 0 Å². The molecule has 0 bridgehead atoms. The van der Waals surface area contributed by atoms with Gasteiger partial charge in [-0.25, -0.2) is 4.39 Å². The molecule has 0 aromatic heterocycles. The van der Waals surface area contributed by atoms with Crippen LogP contribution in [0.3, 0.4) is 0 Å². The number of carboxylic acid groups (broad SMARTS) is 1. The van der Waals surface area contributed by atoms with E-state index in [0.29, 0.717) is 5.56 Å². The Morgan fingerprint density at radius 3 is 2.83 bits per heavy atom. The van der Waals surface area contributed by atoms with Crippen LogP contribution in [-0.4, -0.2) is 41.8 Å². The maximum atomic E-state index is 14.6. The molecule has 1 heterocycles. The van der Waals surface area contributed by atoms with Crippen LogP contribution in [0.1, 0.15) is 24.0 Å². The summed E-state index contributed by atoms with van der Waals surface area (Å²) in [6.07, 6.45) is 0.175. The number of aliphatic hydroxyl groups is 1. The lowest BCUT2D eigenvalue weighted by atomic mass is 9.86. The van der Waals surface area contributed by atoms with Crippen LogP contribution < -0.4 is 10.1 Å². The average Bonchev–Trinajstić information content (AvgIpc) is 2.86. The highest BCUT2D eigenvalue weighted by Gasteiger charge is 2.44. The van der Waals surface area contributed by atoms with Crippen molar-refractivity contribution in [2.24, 2.45) is 5.92 Å². The van der Waals surface area contributed by atoms with Crippen molar-refractivity contribution in [1.29, 1.82) is 0 Å². The fraction of sp³-hybridized carbons (Fsp3) is 0.467. The Morgan fingerprint density at radius 1 is 1.57 bits per heavy atom. The molecular weight excluding hydrogens is 329 g/mol. The van der Waals surface area contributed by atoms with Gasteiger partial charge < -0.3 is 20.3 Å². The summed E-state index contributed by atoms with van der Waals surface area (Å²) in [6.45, 7) is 1.70. The van der Waals surface area contributed by atoms with Crippen LogP contribution in [0.2, 0.25) is 5.02 Å². The van der Waals surface area contributed by atoms with Crippen molar-refractivity contribution in [3.05, 3.63) is 28.0 Å². The van der Waals surface area contributed by atoms with Gasteiger partial charge in [0.2, 0.25) is 5.91 Å². The summed E-state index contributed by atoms with van der Waals surface area (Å²) in [5.41, 5.74) is 0.438. The van der Waals surface area contributed by atoms with Gasteiger partial charge in [0.25, 0.3) is 0 Å². The molecule has 126 valence electrons. The second-order valence-corrected chi connectivity index (χ2v) is 5.56. The van der Waals surface area contributed by atoms with E-state index >= 15 is 0 Å². The summed E-state index contributed by atoms with van der Waals surface area (Å²) in [6, 6.07) is 1.35. The Kier molecular flexibility index (Phi) is 5.43. The monoisotopic (exact) mass is 345 g/mol. The molecule has 1 aliphatic heterocycles. The Labute approximate surface area is 137 Å². The third kappa shape index (κ3) is 3.25. The van der Waals surface area contributed by atoms with E-state index in [2.05, 4.69) is 5.32 Å². The second kappa shape index (κ2) is 7.14. The highest BCUT2D eigenvalue weighted by molar-refractivity contribution is 6.31. The Hall–Kier alpha value is -1.86. The molecule has 2 atom stereocenters. The summed E-state index contributed by atoms with van der Waals surface area (Å²) in [5, 5.41) is 20.7. The van der Waals surface area contributed by atoms with Gasteiger partial charge in [0.1, 0.15) is 17.5 Å². The van der Waals surface area contributed by atoms with Gasteiger partial charge in [0, 0.05) is 24.6 Å². The van der Waals surface area contributed by atoms with E-state index in [-0.39, 0.29) is 42.5 Å². The Morgan fingerprint density at radius 2 is 2.26 bits per heavy atom. The van der Waals surface area contributed by atoms with Crippen molar-refractivity contribution in [2.45, 2.75) is 19.3 Å². The van der Waals surface area contributed by atoms with E-state index < -0.39 is 29.5 Å². The average molecular weight is 346 g/mol. The van der Waals surface area contributed by atoms with Crippen LogP contribution >= 0.6 is 11.6 Å². The molecule has 0 aliphatic carbocycles. The van der Waals surface area contributed by atoms with Crippen molar-refractivity contribution in [2.75, 3.05) is 19.8 Å². The molecule has 23 heavy (non-hydrogen) atoms. The highest BCUT2D eigenvalue weighted by Crippen LogP contribution is 2.41. The lowest BCUT2D eigenvalue weighted by molar-refractivity contribution is -0.145. The fourth-order valence-corrected chi connectivity index (χ4v) is 3.04. The van der Waals surface area contributed by atoms with Crippen molar-refractivity contribution < 1.29 is 28.9 Å². The number of aliphatic hydroxyl groups excluding tert-OH is 1. The minimum Gasteiger partial charge on any atom is -0.493 e. The van der Waals surface area contributed by atoms with E-state index in [1.54, 1.807) is 6.92 Å². The van der Waals surface area contributed by atoms with E-state index in [0.717, 1.165) is 0 Å². The highest BCUT2D eigenvalue weighted by atomic mass is 35.5. The summed E-state index contributed by atoms with van der Waals surface area (Å²) in [4.78, 5) is 23.1. The van der Waals surface area contributed by atoms with Crippen LogP contribution in [0.5, 0.6) is 5.75 Å². The van der Waals surface area contributed by atoms with Gasteiger partial charge >= 0.3 is 5.97 Å². The van der Waals surface area contributed by atoms with E-state index in [1.807, 2.05) is 0 Å². The molecule has 0 spiro atoms. The number of hydrogen-bond acceptors (Lipinski definition) is 4. The second-order valence-electron chi connectivity index (χ2n) is 5.15. The van der Waals surface area contributed by atoms with Gasteiger partial charge in [-0.3, -0.25) is 9.59 Å². The number of ether oxygens (including phenoxy) is 1. The van der Waals surface area contributed by atoms with Crippen LogP contribution in [0.4, 0.5) is 4.39 Å². The third-order valence-electron chi connectivity index (χ3n) is 3.77. The van der Waals surface area contributed by atoms with E-state index in [1.165, 1.54) is 6.07 Å². The first-order chi connectivity index (χ1) is 10.9. The van der Waals surface area contributed by atoms with Crippen molar-refractivity contribution in [3.63, 3.8) is 0 Å². The zero-order chi connectivity index (χ0) is 17.1. The van der Waals surface area contributed by atoms with Gasteiger partial charge in [-0.2, -0.15) is 0 Å². The SMILES string of the molecule is CCOc1c(CCO)cc(Cl)c(F)c1[C@@H]1CNC(=O)[C@@H]1C(=O)O. The van der Waals surface area contributed by atoms with Crippen LogP contribution in [0.25, 0.3) is 0 Å². The summed E-state index contributed by atoms with van der Waals surface area (Å²) < 4.78 is 20.1. The molecule has 1 saturated heterocycles. The van der Waals surface area contributed by atoms with Crippen LogP contribution in [-0.2, 0) is 16.0 Å². The molecular formula is C15H17ClFNO5. The number of carboxylic acids is 1. The largest absolute Gasteiger partial charge is 0.493 e. The van der Waals surface area contributed by atoms with Gasteiger partial charge in [0.05, 0.1) is 11.6 Å². The number of benzene rings is 1. The molecule has 1 aromatic rings. The number of halogens is 2. The predicted octanol–water partition coefficient (Wildman–Crippen LogP) is 1.33. The topological polar surface area (TPSA) is 95.9 Å². The molecule has 8 heteroatoms. The van der Waals surface area contributed by atoms with Crippen molar-refractivity contribution in [3.8, 4) is 5.75 Å². The lowest BCUT2D eigenvalue weighted by Crippen LogP contribution is -2.27. The Bertz CT molecular complexity index is 637. The molecule has 0 saturated carbocycles. The first kappa shape index (κ1) is 17.5. The smallest absolute Gasteiger partial charge is 0.316 e. The van der Waals surface area contributed by atoms with Crippen molar-refractivity contribution in [1.82, 2.24) is 5.32 Å². The normalized spacial score (nSPS) is 20.4. The minimum atomic E-state index is -1.41. The van der Waals surface area contributed by atoms with Gasteiger partial charge in [-0.05, 0) is 25.0 Å². The summed E-state index contributed by atoms with van der Waals surface area (Å²) in [5.74, 6) is -5.01. The first-order valence-electron chi connectivity index (χ1n) is 7.17. The fourth-order valence-electron chi connectivity index (χ4n) is 2.81. The Balaban J connectivity index is 2.63. The quantitative estimate of drug-likeness (QED) is 0.676. The van der Waals surface area contributed by atoms with Crippen LogP contribution in [0, 0.1) is 11.7 Å². The molecule has 6 nitrogen and oxygen atoms in total. The lowest BCUT2D eigenvalue weighted by Gasteiger charge is -2.22. The van der Waals surface area contributed by atoms with Crippen molar-refractivity contribution >= 4 is 23.5 Å². The number of amides is 1. The zero-order valence-electron chi connectivity index (χ0n) is 12.4. The molecule has 1 amide bonds. The maximum absolute atomic E-state index is 14.6. The molecule has 0 radical (unpaired) electrons. The molecule has 3 N–H and O–H groups in total. The third-order valence-corrected chi connectivity index (χ3v) is 4.05. The van der Waals surface area contributed by atoms with Gasteiger partial charge in [-0.15, -0.1) is 0 Å². The molecule has 1 aromatic carbocycles. The summed E-state index contributed by atoms with van der Waals surface area (Å²) >= 11 is 5.90. The molecule has 2 rings (SSSR count). The number of carbonyl (C=O) groups is 2.